The number of hydrogen-bond donors (Lipinski definition) is 0. The molecule has 0 aromatic heterocycles. The Bertz CT molecular complexity index is 515. The molecule has 0 atom stereocenters. The maximum absolute atomic E-state index is 12.5. The van der Waals surface area contributed by atoms with Gasteiger partial charge in [0, 0.05) is 49.3 Å². The van der Waals surface area contributed by atoms with Gasteiger partial charge in [0.1, 0.15) is 5.75 Å². The molecule has 0 spiro atoms. The SMILES string of the molecule is CC(C)CN1CCN(Cc2ccc(Br)cc2OC(F)(F)F)CC1. The highest BCUT2D eigenvalue weighted by atomic mass is 79.9. The molecule has 0 saturated carbocycles. The van der Waals surface area contributed by atoms with Crippen LogP contribution in [0.4, 0.5) is 13.2 Å². The molecule has 1 aliphatic heterocycles. The van der Waals surface area contributed by atoms with Crippen LogP contribution in [0, 0.1) is 5.92 Å². The zero-order valence-electron chi connectivity index (χ0n) is 13.4. The van der Waals surface area contributed by atoms with E-state index in [4.69, 9.17) is 0 Å². The van der Waals surface area contributed by atoms with Gasteiger partial charge in [0.05, 0.1) is 0 Å². The van der Waals surface area contributed by atoms with Gasteiger partial charge in [-0.3, -0.25) is 4.90 Å². The molecule has 3 nitrogen and oxygen atoms in total. The second-order valence-electron chi connectivity index (χ2n) is 6.27. The molecule has 0 amide bonds. The summed E-state index contributed by atoms with van der Waals surface area (Å²) in [5.74, 6) is 0.497. The molecule has 1 fully saturated rings. The van der Waals surface area contributed by atoms with Crippen molar-refractivity contribution in [3.63, 3.8) is 0 Å². The van der Waals surface area contributed by atoms with E-state index in [1.54, 1.807) is 12.1 Å². The minimum atomic E-state index is -4.68. The Labute approximate surface area is 143 Å². The maximum atomic E-state index is 12.5. The first-order valence-electron chi connectivity index (χ1n) is 7.72. The van der Waals surface area contributed by atoms with Crippen LogP contribution in [0.1, 0.15) is 19.4 Å². The van der Waals surface area contributed by atoms with Gasteiger partial charge in [-0.05, 0) is 18.1 Å². The zero-order valence-corrected chi connectivity index (χ0v) is 15.0. The lowest BCUT2D eigenvalue weighted by Crippen LogP contribution is -2.46. The van der Waals surface area contributed by atoms with Gasteiger partial charge < -0.3 is 9.64 Å². The highest BCUT2D eigenvalue weighted by Gasteiger charge is 2.32. The number of alkyl halides is 3. The Kier molecular flexibility index (Phi) is 6.33. The summed E-state index contributed by atoms with van der Waals surface area (Å²) < 4.78 is 42.4. The Hall–Kier alpha value is -0.790. The summed E-state index contributed by atoms with van der Waals surface area (Å²) in [7, 11) is 0. The highest BCUT2D eigenvalue weighted by molar-refractivity contribution is 9.10. The fourth-order valence-electron chi connectivity index (χ4n) is 2.77. The topological polar surface area (TPSA) is 15.7 Å². The lowest BCUT2D eigenvalue weighted by Gasteiger charge is -2.35. The molecule has 23 heavy (non-hydrogen) atoms. The molecule has 130 valence electrons. The Morgan fingerprint density at radius 1 is 1.13 bits per heavy atom. The van der Waals surface area contributed by atoms with E-state index in [9.17, 15) is 13.2 Å². The Balaban J connectivity index is 1.98. The molecule has 1 aromatic rings. The van der Waals surface area contributed by atoms with E-state index in [1.165, 1.54) is 6.07 Å². The van der Waals surface area contributed by atoms with Crippen LogP contribution >= 0.6 is 15.9 Å². The van der Waals surface area contributed by atoms with E-state index in [0.29, 0.717) is 22.5 Å². The normalized spacial score (nSPS) is 17.7. The minimum Gasteiger partial charge on any atom is -0.405 e. The van der Waals surface area contributed by atoms with Crippen LogP contribution in [-0.2, 0) is 6.54 Å². The van der Waals surface area contributed by atoms with Gasteiger partial charge in [0.15, 0.2) is 0 Å². The van der Waals surface area contributed by atoms with E-state index in [-0.39, 0.29) is 5.75 Å². The fraction of sp³-hybridized carbons (Fsp3) is 0.625. The molecule has 0 bridgehead atoms. The molecule has 0 unspecified atom stereocenters. The second-order valence-corrected chi connectivity index (χ2v) is 7.19. The molecule has 0 aliphatic carbocycles. The third kappa shape index (κ3) is 6.31. The van der Waals surface area contributed by atoms with Crippen LogP contribution in [0.2, 0.25) is 0 Å². The Morgan fingerprint density at radius 2 is 1.74 bits per heavy atom. The smallest absolute Gasteiger partial charge is 0.405 e. The molecule has 0 N–H and O–H groups in total. The van der Waals surface area contributed by atoms with Gasteiger partial charge in [0.25, 0.3) is 0 Å². The van der Waals surface area contributed by atoms with Crippen molar-refractivity contribution in [1.29, 1.82) is 0 Å². The van der Waals surface area contributed by atoms with Crippen molar-refractivity contribution >= 4 is 15.9 Å². The maximum Gasteiger partial charge on any atom is 0.573 e. The van der Waals surface area contributed by atoms with Crippen molar-refractivity contribution < 1.29 is 17.9 Å². The highest BCUT2D eigenvalue weighted by Crippen LogP contribution is 2.30. The summed E-state index contributed by atoms with van der Waals surface area (Å²) in [4.78, 5) is 4.57. The number of piperazine rings is 1. The predicted molar refractivity (Wildman–Crippen MR) is 87.4 cm³/mol. The van der Waals surface area contributed by atoms with E-state index in [2.05, 4.69) is 44.3 Å². The molecular formula is C16H22BrF3N2O. The molecule has 1 aliphatic rings. The number of halogens is 4. The molecule has 0 radical (unpaired) electrons. The van der Waals surface area contributed by atoms with Crippen LogP contribution in [0.3, 0.4) is 0 Å². The monoisotopic (exact) mass is 394 g/mol. The lowest BCUT2D eigenvalue weighted by molar-refractivity contribution is -0.275. The summed E-state index contributed by atoms with van der Waals surface area (Å²) in [6.07, 6.45) is -4.68. The van der Waals surface area contributed by atoms with Crippen LogP contribution < -0.4 is 4.74 Å². The molecule has 1 heterocycles. The van der Waals surface area contributed by atoms with E-state index in [1.807, 2.05) is 0 Å². The minimum absolute atomic E-state index is 0.128. The predicted octanol–water partition coefficient (Wildman–Crippen LogP) is 4.12. The summed E-state index contributed by atoms with van der Waals surface area (Å²) >= 11 is 3.19. The summed E-state index contributed by atoms with van der Waals surface area (Å²) in [6, 6.07) is 4.80. The van der Waals surface area contributed by atoms with Crippen LogP contribution in [0.25, 0.3) is 0 Å². The lowest BCUT2D eigenvalue weighted by atomic mass is 10.1. The van der Waals surface area contributed by atoms with Gasteiger partial charge in [-0.25, -0.2) is 0 Å². The first kappa shape index (κ1) is 18.5. The van der Waals surface area contributed by atoms with E-state index in [0.717, 1.165) is 32.7 Å². The van der Waals surface area contributed by atoms with Crippen LogP contribution in [0.15, 0.2) is 22.7 Å². The van der Waals surface area contributed by atoms with Gasteiger partial charge in [-0.2, -0.15) is 0 Å². The summed E-state index contributed by atoms with van der Waals surface area (Å²) in [6.45, 7) is 9.52. The third-order valence-corrected chi connectivity index (χ3v) is 4.23. The largest absolute Gasteiger partial charge is 0.573 e. The zero-order chi connectivity index (χ0) is 17.0. The molecule has 7 heteroatoms. The molecule has 1 saturated heterocycles. The fourth-order valence-corrected chi connectivity index (χ4v) is 3.11. The number of hydrogen-bond acceptors (Lipinski definition) is 3. The number of nitrogens with zero attached hydrogens (tertiary/aromatic N) is 2. The van der Waals surface area contributed by atoms with E-state index >= 15 is 0 Å². The standard InChI is InChI=1S/C16H22BrF3N2O/c1-12(2)10-21-5-7-22(8-6-21)11-13-3-4-14(17)9-15(13)23-16(18,19)20/h3-4,9,12H,5-8,10-11H2,1-2H3. The quantitative estimate of drug-likeness (QED) is 0.746. The molecule has 1 aromatic carbocycles. The molecule has 2 rings (SSSR count). The van der Waals surface area contributed by atoms with Crippen molar-refractivity contribution in [2.24, 2.45) is 5.92 Å². The van der Waals surface area contributed by atoms with E-state index < -0.39 is 6.36 Å². The van der Waals surface area contributed by atoms with Crippen molar-refractivity contribution in [3.8, 4) is 5.75 Å². The first-order valence-corrected chi connectivity index (χ1v) is 8.51. The van der Waals surface area contributed by atoms with Gasteiger partial charge in [0.2, 0.25) is 0 Å². The van der Waals surface area contributed by atoms with Crippen molar-refractivity contribution in [2.45, 2.75) is 26.8 Å². The van der Waals surface area contributed by atoms with Crippen molar-refractivity contribution in [3.05, 3.63) is 28.2 Å². The number of ether oxygens (including phenoxy) is 1. The molecular weight excluding hydrogens is 373 g/mol. The van der Waals surface area contributed by atoms with Crippen molar-refractivity contribution in [2.75, 3.05) is 32.7 Å². The first-order chi connectivity index (χ1) is 10.7. The number of rotatable bonds is 5. The third-order valence-electron chi connectivity index (χ3n) is 3.74. The Morgan fingerprint density at radius 3 is 2.30 bits per heavy atom. The summed E-state index contributed by atoms with van der Waals surface area (Å²) in [5, 5.41) is 0. The van der Waals surface area contributed by atoms with Crippen LogP contribution in [-0.4, -0.2) is 48.9 Å². The number of benzene rings is 1. The van der Waals surface area contributed by atoms with Crippen molar-refractivity contribution in [1.82, 2.24) is 9.80 Å². The second kappa shape index (κ2) is 7.85. The van der Waals surface area contributed by atoms with Gasteiger partial charge in [-0.15, -0.1) is 13.2 Å². The average molecular weight is 395 g/mol. The van der Waals surface area contributed by atoms with Gasteiger partial charge >= 0.3 is 6.36 Å². The van der Waals surface area contributed by atoms with Crippen LogP contribution in [0.5, 0.6) is 5.75 Å². The average Bonchev–Trinajstić information content (AvgIpc) is 2.41. The van der Waals surface area contributed by atoms with Gasteiger partial charge in [-0.1, -0.05) is 35.8 Å². The summed E-state index contributed by atoms with van der Waals surface area (Å²) in [5.41, 5.74) is 0.558.